The molecule has 0 saturated carbocycles. The van der Waals surface area contributed by atoms with E-state index in [0.717, 1.165) is 37.1 Å². The van der Waals surface area contributed by atoms with E-state index in [1.807, 2.05) is 0 Å². The number of benzene rings is 1. The van der Waals surface area contributed by atoms with Crippen molar-refractivity contribution in [3.63, 3.8) is 0 Å². The van der Waals surface area contributed by atoms with Crippen molar-refractivity contribution in [3.05, 3.63) is 29.8 Å². The standard InChI is InChI=1S/C19H29F3N2O2.2ClH/c1-18(2,3)14-26-13-17(25)12-23-7-9-24(10-8-23)16-6-4-5-15(11-16)19(20,21)22;;/h4-6,11,17,25H,7-10,12-14H2,1-3H3;2*1H. The first kappa shape index (κ1) is 27.4. The first-order chi connectivity index (χ1) is 12.0. The van der Waals surface area contributed by atoms with Crippen molar-refractivity contribution in [1.29, 1.82) is 0 Å². The van der Waals surface area contributed by atoms with E-state index >= 15 is 0 Å². The molecule has 164 valence electrons. The Labute approximate surface area is 177 Å². The van der Waals surface area contributed by atoms with Gasteiger partial charge in [-0.15, -0.1) is 0 Å². The molecule has 0 amide bonds. The van der Waals surface area contributed by atoms with Crippen molar-refractivity contribution in [1.82, 2.24) is 0 Å². The quantitative estimate of drug-likeness (QED) is 0.408. The lowest BCUT2D eigenvalue weighted by atomic mass is 9.99. The van der Waals surface area contributed by atoms with Gasteiger partial charge in [-0.1, -0.05) is 26.8 Å². The van der Waals surface area contributed by atoms with Crippen LogP contribution < -0.4 is 34.6 Å². The summed E-state index contributed by atoms with van der Waals surface area (Å²) in [7, 11) is 0. The topological polar surface area (TPSA) is 38.3 Å². The molecule has 0 spiro atoms. The van der Waals surface area contributed by atoms with Gasteiger partial charge in [-0.25, -0.2) is 0 Å². The number of piperazine rings is 1. The van der Waals surface area contributed by atoms with E-state index in [1.54, 1.807) is 6.07 Å². The maximum atomic E-state index is 12.9. The SMILES string of the molecule is CC(C)(C)COCC(O)C[NH+]1CC[NH+](c2cccc(C(F)(F)F)c2)CC1.[Cl-].[Cl-]. The highest BCUT2D eigenvalue weighted by Crippen LogP contribution is 2.29. The number of quaternary nitrogens is 2. The van der Waals surface area contributed by atoms with Crippen LogP contribution in [0.2, 0.25) is 0 Å². The first-order valence-electron chi connectivity index (χ1n) is 9.16. The lowest BCUT2D eigenvalue weighted by Crippen LogP contribution is -3.26. The predicted molar refractivity (Wildman–Crippen MR) is 93.6 cm³/mol. The van der Waals surface area contributed by atoms with E-state index in [1.165, 1.54) is 17.0 Å². The normalized spacial score (nSPS) is 21.4. The summed E-state index contributed by atoms with van der Waals surface area (Å²) in [6, 6.07) is 5.58. The smallest absolute Gasteiger partial charge is 0.416 e. The van der Waals surface area contributed by atoms with Gasteiger partial charge in [0.2, 0.25) is 0 Å². The summed E-state index contributed by atoms with van der Waals surface area (Å²) in [4.78, 5) is 2.34. The van der Waals surface area contributed by atoms with E-state index in [4.69, 9.17) is 4.74 Å². The van der Waals surface area contributed by atoms with Crippen molar-refractivity contribution in [2.24, 2.45) is 5.41 Å². The molecule has 2 rings (SSSR count). The molecule has 1 aliphatic rings. The number of nitrogens with one attached hydrogen (secondary N) is 2. The highest BCUT2D eigenvalue weighted by Gasteiger charge is 2.33. The summed E-state index contributed by atoms with van der Waals surface area (Å²) in [6.45, 7) is 10.9. The maximum absolute atomic E-state index is 12.9. The van der Waals surface area contributed by atoms with Gasteiger partial charge in [0.25, 0.3) is 0 Å². The highest BCUT2D eigenvalue weighted by molar-refractivity contribution is 5.35. The molecule has 4 nitrogen and oxygen atoms in total. The Hall–Kier alpha value is -0.570. The number of ether oxygens (including phenoxy) is 1. The largest absolute Gasteiger partial charge is 1.00 e. The third-order valence-corrected chi connectivity index (χ3v) is 4.53. The number of halogens is 5. The van der Waals surface area contributed by atoms with E-state index in [-0.39, 0.29) is 30.2 Å². The van der Waals surface area contributed by atoms with Gasteiger partial charge in [0.1, 0.15) is 44.5 Å². The molecule has 1 atom stereocenters. The summed E-state index contributed by atoms with van der Waals surface area (Å²) >= 11 is 0. The zero-order valence-corrected chi connectivity index (χ0v) is 18.1. The minimum atomic E-state index is -4.31. The van der Waals surface area contributed by atoms with Crippen molar-refractivity contribution in [3.8, 4) is 0 Å². The number of aliphatic hydroxyl groups is 1. The van der Waals surface area contributed by atoms with E-state index in [9.17, 15) is 18.3 Å². The Balaban J connectivity index is 0.00000364. The van der Waals surface area contributed by atoms with E-state index < -0.39 is 17.8 Å². The lowest BCUT2D eigenvalue weighted by molar-refractivity contribution is -0.988. The zero-order valence-electron chi connectivity index (χ0n) is 16.6. The van der Waals surface area contributed by atoms with Crippen LogP contribution in [0, 0.1) is 5.41 Å². The molecule has 1 aliphatic heterocycles. The fraction of sp³-hybridized carbons (Fsp3) is 0.684. The van der Waals surface area contributed by atoms with Gasteiger partial charge in [0.15, 0.2) is 0 Å². The molecule has 3 N–H and O–H groups in total. The Kier molecular flexibility index (Phi) is 11.3. The van der Waals surface area contributed by atoms with Gasteiger partial charge < -0.3 is 39.6 Å². The van der Waals surface area contributed by atoms with Crippen LogP contribution in [0.25, 0.3) is 0 Å². The van der Waals surface area contributed by atoms with Crippen LogP contribution in [-0.4, -0.2) is 57.1 Å². The predicted octanol–water partition coefficient (Wildman–Crippen LogP) is -5.45. The maximum Gasteiger partial charge on any atom is 0.416 e. The van der Waals surface area contributed by atoms with Crippen LogP contribution in [0.4, 0.5) is 18.9 Å². The van der Waals surface area contributed by atoms with Crippen molar-refractivity contribution in [2.75, 3.05) is 45.9 Å². The third kappa shape index (κ3) is 9.29. The molecule has 1 fully saturated rings. The molecular formula is C19H31Cl2F3N2O2. The second-order valence-corrected chi connectivity index (χ2v) is 8.37. The molecule has 0 aromatic heterocycles. The van der Waals surface area contributed by atoms with Gasteiger partial charge in [-0.05, 0) is 17.5 Å². The monoisotopic (exact) mass is 446 g/mol. The van der Waals surface area contributed by atoms with Crippen molar-refractivity contribution >= 4 is 5.69 Å². The first-order valence-corrected chi connectivity index (χ1v) is 9.16. The fourth-order valence-electron chi connectivity index (χ4n) is 3.21. The molecule has 0 radical (unpaired) electrons. The Bertz CT molecular complexity index is 575. The molecule has 1 aromatic rings. The van der Waals surface area contributed by atoms with Gasteiger partial charge in [-0.2, -0.15) is 13.2 Å². The highest BCUT2D eigenvalue weighted by atomic mass is 35.5. The minimum absolute atomic E-state index is 0. The second kappa shape index (κ2) is 11.6. The summed E-state index contributed by atoms with van der Waals surface area (Å²) in [5.41, 5.74) is 0.170. The van der Waals surface area contributed by atoms with Crippen LogP contribution in [0.5, 0.6) is 0 Å². The Morgan fingerprint density at radius 2 is 1.68 bits per heavy atom. The summed E-state index contributed by atoms with van der Waals surface area (Å²) < 4.78 is 44.2. The van der Waals surface area contributed by atoms with E-state index in [2.05, 4.69) is 20.8 Å². The Morgan fingerprint density at radius 3 is 2.21 bits per heavy atom. The Morgan fingerprint density at radius 1 is 1.07 bits per heavy atom. The minimum Gasteiger partial charge on any atom is -1.00 e. The number of hydrogen-bond acceptors (Lipinski definition) is 2. The number of alkyl halides is 3. The molecule has 28 heavy (non-hydrogen) atoms. The van der Waals surface area contributed by atoms with Crippen molar-refractivity contribution in [2.45, 2.75) is 33.1 Å². The molecule has 1 aromatic carbocycles. The average molecular weight is 447 g/mol. The molecule has 1 unspecified atom stereocenters. The van der Waals surface area contributed by atoms with Crippen LogP contribution in [-0.2, 0) is 10.9 Å². The third-order valence-electron chi connectivity index (χ3n) is 4.53. The second-order valence-electron chi connectivity index (χ2n) is 8.37. The van der Waals surface area contributed by atoms with Gasteiger partial charge in [0, 0.05) is 6.07 Å². The zero-order chi connectivity index (χ0) is 19.4. The molecule has 1 heterocycles. The van der Waals surface area contributed by atoms with Gasteiger partial charge in [-0.3, -0.25) is 4.90 Å². The van der Waals surface area contributed by atoms with Crippen LogP contribution in [0.1, 0.15) is 26.3 Å². The number of aliphatic hydroxyl groups excluding tert-OH is 1. The lowest BCUT2D eigenvalue weighted by Gasteiger charge is -2.31. The molecular weight excluding hydrogens is 416 g/mol. The van der Waals surface area contributed by atoms with Gasteiger partial charge >= 0.3 is 6.18 Å². The number of hydrogen-bond donors (Lipinski definition) is 3. The summed E-state index contributed by atoms with van der Waals surface area (Å²) in [5.74, 6) is 0. The molecule has 0 aliphatic carbocycles. The summed E-state index contributed by atoms with van der Waals surface area (Å²) in [5, 5.41) is 10.1. The molecule has 0 bridgehead atoms. The molecule has 1 saturated heterocycles. The number of rotatable bonds is 6. The molecule has 9 heteroatoms. The van der Waals surface area contributed by atoms with Crippen LogP contribution in [0.3, 0.4) is 0 Å². The van der Waals surface area contributed by atoms with Crippen molar-refractivity contribution < 1.29 is 57.6 Å². The average Bonchev–Trinajstić information content (AvgIpc) is 2.53. The van der Waals surface area contributed by atoms with E-state index in [0.29, 0.717) is 25.4 Å². The summed E-state index contributed by atoms with van der Waals surface area (Å²) in [6.07, 6.45) is -4.82. The van der Waals surface area contributed by atoms with Crippen LogP contribution >= 0.6 is 0 Å². The van der Waals surface area contributed by atoms with Gasteiger partial charge in [0.05, 0.1) is 18.8 Å². The van der Waals surface area contributed by atoms with Crippen LogP contribution in [0.15, 0.2) is 24.3 Å². The fourth-order valence-corrected chi connectivity index (χ4v) is 3.21.